The number of carbonyl (C=O) groups excluding carboxylic acids is 1. The number of benzene rings is 2. The van der Waals surface area contributed by atoms with Crippen LogP contribution < -0.4 is 10.1 Å². The Bertz CT molecular complexity index is 910. The van der Waals surface area contributed by atoms with E-state index in [1.807, 2.05) is 24.3 Å². The summed E-state index contributed by atoms with van der Waals surface area (Å²) in [5.41, 5.74) is 1.24. The minimum absolute atomic E-state index is 0.0201. The van der Waals surface area contributed by atoms with E-state index in [2.05, 4.69) is 15.0 Å². The summed E-state index contributed by atoms with van der Waals surface area (Å²) >= 11 is 7.31. The van der Waals surface area contributed by atoms with Gasteiger partial charge in [-0.1, -0.05) is 23.7 Å². The van der Waals surface area contributed by atoms with Gasteiger partial charge in [0.1, 0.15) is 10.8 Å². The van der Waals surface area contributed by atoms with Crippen LogP contribution in [0.4, 0.5) is 14.5 Å². The first kappa shape index (κ1) is 17.3. The maximum atomic E-state index is 12.2. The van der Waals surface area contributed by atoms with Gasteiger partial charge in [0.25, 0.3) is 0 Å². The third-order valence-electron chi connectivity index (χ3n) is 3.10. The zero-order valence-corrected chi connectivity index (χ0v) is 14.2. The molecule has 0 spiro atoms. The van der Waals surface area contributed by atoms with E-state index in [4.69, 9.17) is 11.6 Å². The van der Waals surface area contributed by atoms with Crippen molar-refractivity contribution in [2.24, 2.45) is 0 Å². The highest BCUT2D eigenvalue weighted by Gasteiger charge is 2.09. The lowest BCUT2D eigenvalue weighted by molar-refractivity contribution is -0.111. The second-order valence-corrected chi connectivity index (χ2v) is 6.34. The van der Waals surface area contributed by atoms with Gasteiger partial charge < -0.3 is 10.1 Å². The van der Waals surface area contributed by atoms with Crippen LogP contribution in [0, 0.1) is 0 Å². The van der Waals surface area contributed by atoms with Crippen molar-refractivity contribution in [3.63, 3.8) is 0 Å². The number of fused-ring (bicyclic) bond motifs is 1. The quantitative estimate of drug-likeness (QED) is 0.619. The molecule has 3 rings (SSSR count). The molecule has 25 heavy (non-hydrogen) atoms. The number of hydrogen-bond acceptors (Lipinski definition) is 4. The van der Waals surface area contributed by atoms with E-state index in [-0.39, 0.29) is 10.8 Å². The summed E-state index contributed by atoms with van der Waals surface area (Å²) in [5, 5.41) is 3.27. The van der Waals surface area contributed by atoms with Crippen molar-refractivity contribution in [3.8, 4) is 5.75 Å². The van der Waals surface area contributed by atoms with Gasteiger partial charge in [0, 0.05) is 11.8 Å². The smallest absolute Gasteiger partial charge is 0.387 e. The van der Waals surface area contributed by atoms with Gasteiger partial charge in [0.2, 0.25) is 5.91 Å². The molecule has 1 aromatic heterocycles. The van der Waals surface area contributed by atoms with E-state index in [1.54, 1.807) is 6.08 Å². The lowest BCUT2D eigenvalue weighted by Crippen LogP contribution is -2.08. The molecule has 0 bridgehead atoms. The van der Waals surface area contributed by atoms with Gasteiger partial charge in [-0.3, -0.25) is 4.79 Å². The SMILES string of the molecule is O=C(/C=C/c1nc2ccccc2s1)Nc1ccc(OC(F)F)c(Cl)c1. The Hall–Kier alpha value is -2.51. The Balaban J connectivity index is 1.66. The number of halogens is 3. The fourth-order valence-corrected chi connectivity index (χ4v) is 3.16. The number of aromatic nitrogens is 1. The van der Waals surface area contributed by atoms with Crippen LogP contribution in [0.3, 0.4) is 0 Å². The molecular weight excluding hydrogens is 370 g/mol. The number of alkyl halides is 2. The lowest BCUT2D eigenvalue weighted by atomic mass is 10.3. The number of nitrogens with zero attached hydrogens (tertiary/aromatic N) is 1. The van der Waals surface area contributed by atoms with Crippen LogP contribution in [0.1, 0.15) is 5.01 Å². The molecule has 0 atom stereocenters. The summed E-state index contributed by atoms with van der Waals surface area (Å²) < 4.78 is 29.6. The highest BCUT2D eigenvalue weighted by Crippen LogP contribution is 2.29. The van der Waals surface area contributed by atoms with E-state index in [9.17, 15) is 13.6 Å². The van der Waals surface area contributed by atoms with Crippen LogP contribution in [0.15, 0.2) is 48.5 Å². The third-order valence-corrected chi connectivity index (χ3v) is 4.40. The van der Waals surface area contributed by atoms with Crippen molar-refractivity contribution >= 4 is 50.8 Å². The molecule has 0 saturated heterocycles. The van der Waals surface area contributed by atoms with E-state index < -0.39 is 12.5 Å². The van der Waals surface area contributed by atoms with Crippen LogP contribution in [0.2, 0.25) is 5.02 Å². The molecule has 0 aliphatic carbocycles. The predicted octanol–water partition coefficient (Wildman–Crippen LogP) is 5.20. The Morgan fingerprint density at radius 3 is 2.80 bits per heavy atom. The largest absolute Gasteiger partial charge is 0.433 e. The number of para-hydroxylation sites is 1. The van der Waals surface area contributed by atoms with Gasteiger partial charge in [-0.05, 0) is 36.4 Å². The monoisotopic (exact) mass is 380 g/mol. The summed E-state index contributed by atoms with van der Waals surface area (Å²) in [7, 11) is 0. The Morgan fingerprint density at radius 1 is 1.28 bits per heavy atom. The molecule has 0 aliphatic heterocycles. The van der Waals surface area contributed by atoms with E-state index in [0.717, 1.165) is 10.2 Å². The highest BCUT2D eigenvalue weighted by molar-refractivity contribution is 7.19. The fraction of sp³-hybridized carbons (Fsp3) is 0.0588. The van der Waals surface area contributed by atoms with Gasteiger partial charge in [0.15, 0.2) is 0 Å². The van der Waals surface area contributed by atoms with Crippen LogP contribution in [0.25, 0.3) is 16.3 Å². The van der Waals surface area contributed by atoms with E-state index in [1.165, 1.54) is 35.6 Å². The number of amides is 1. The number of carbonyl (C=O) groups is 1. The average Bonchev–Trinajstić information content (AvgIpc) is 2.98. The van der Waals surface area contributed by atoms with Crippen molar-refractivity contribution < 1.29 is 18.3 Å². The summed E-state index contributed by atoms with van der Waals surface area (Å²) in [4.78, 5) is 16.3. The molecule has 1 heterocycles. The van der Waals surface area contributed by atoms with Gasteiger partial charge in [-0.15, -0.1) is 11.3 Å². The first-order valence-electron chi connectivity index (χ1n) is 7.10. The molecule has 0 aliphatic rings. The van der Waals surface area contributed by atoms with Gasteiger partial charge >= 0.3 is 6.61 Å². The summed E-state index contributed by atoms with van der Waals surface area (Å²) in [6.45, 7) is -2.96. The van der Waals surface area contributed by atoms with Crippen LogP contribution in [-0.4, -0.2) is 17.5 Å². The van der Waals surface area contributed by atoms with Crippen molar-refractivity contribution in [1.82, 2.24) is 4.98 Å². The number of nitrogens with one attached hydrogen (secondary N) is 1. The van der Waals surface area contributed by atoms with Crippen LogP contribution in [-0.2, 0) is 4.79 Å². The molecule has 1 amide bonds. The van der Waals surface area contributed by atoms with Crippen molar-refractivity contribution in [2.45, 2.75) is 6.61 Å². The molecule has 1 N–H and O–H groups in total. The maximum absolute atomic E-state index is 12.2. The maximum Gasteiger partial charge on any atom is 0.387 e. The molecule has 128 valence electrons. The van der Waals surface area contributed by atoms with Crippen molar-refractivity contribution in [1.29, 1.82) is 0 Å². The first-order chi connectivity index (χ1) is 12.0. The molecule has 0 saturated carbocycles. The topological polar surface area (TPSA) is 51.2 Å². The zero-order valence-electron chi connectivity index (χ0n) is 12.6. The van der Waals surface area contributed by atoms with Crippen molar-refractivity contribution in [3.05, 3.63) is 58.6 Å². The number of anilines is 1. The Kier molecular flexibility index (Phi) is 5.25. The number of hydrogen-bond donors (Lipinski definition) is 1. The van der Waals surface area contributed by atoms with Crippen LogP contribution >= 0.6 is 22.9 Å². The predicted molar refractivity (Wildman–Crippen MR) is 95.4 cm³/mol. The minimum Gasteiger partial charge on any atom is -0.433 e. The molecular formula is C17H11ClF2N2O2S. The summed E-state index contributed by atoms with van der Waals surface area (Å²) in [5.74, 6) is -0.544. The highest BCUT2D eigenvalue weighted by atomic mass is 35.5. The third kappa shape index (κ3) is 4.52. The normalized spacial score (nSPS) is 11.4. The van der Waals surface area contributed by atoms with Crippen LogP contribution in [0.5, 0.6) is 5.75 Å². The number of ether oxygens (including phenoxy) is 1. The summed E-state index contributed by atoms with van der Waals surface area (Å²) in [6.07, 6.45) is 2.95. The zero-order chi connectivity index (χ0) is 17.8. The molecule has 0 fully saturated rings. The number of rotatable bonds is 5. The first-order valence-corrected chi connectivity index (χ1v) is 8.30. The molecule has 4 nitrogen and oxygen atoms in total. The molecule has 0 unspecified atom stereocenters. The second-order valence-electron chi connectivity index (χ2n) is 4.87. The summed E-state index contributed by atoms with van der Waals surface area (Å²) in [6, 6.07) is 11.7. The van der Waals surface area contributed by atoms with Gasteiger partial charge in [0.05, 0.1) is 15.2 Å². The second kappa shape index (κ2) is 7.58. The molecule has 2 aromatic carbocycles. The lowest BCUT2D eigenvalue weighted by Gasteiger charge is -2.08. The minimum atomic E-state index is -2.96. The van der Waals surface area contributed by atoms with E-state index >= 15 is 0 Å². The van der Waals surface area contributed by atoms with E-state index in [0.29, 0.717) is 10.7 Å². The molecule has 3 aromatic rings. The van der Waals surface area contributed by atoms with Gasteiger partial charge in [-0.2, -0.15) is 8.78 Å². The average molecular weight is 381 g/mol. The standard InChI is InChI=1S/C17H11ClF2N2O2S/c18-11-9-10(5-6-13(11)24-17(19)20)21-15(23)7-8-16-22-12-3-1-2-4-14(12)25-16/h1-9,17H,(H,21,23)/b8-7+. The molecule has 0 radical (unpaired) electrons. The Labute approximate surface area is 150 Å². The van der Waals surface area contributed by atoms with Gasteiger partial charge in [-0.25, -0.2) is 4.98 Å². The van der Waals surface area contributed by atoms with Crippen molar-refractivity contribution in [2.75, 3.05) is 5.32 Å². The Morgan fingerprint density at radius 2 is 2.08 bits per heavy atom. The molecule has 8 heteroatoms. The number of thiazole rings is 1. The fourth-order valence-electron chi connectivity index (χ4n) is 2.06.